The van der Waals surface area contributed by atoms with E-state index in [-0.39, 0.29) is 0 Å². The van der Waals surface area contributed by atoms with Crippen molar-refractivity contribution in [2.45, 2.75) is 0 Å². The molecule has 0 aliphatic carbocycles. The SMILES string of the molecule is c1ccc(-c2ccc3ccc4ccc(-c5cccc(-c6cccc7c6nc(-c6ccccc6)c6ccn8cc(-c9ccccc9)nc8c67)c5)nc4c3n2)cc1. The maximum Gasteiger partial charge on any atom is 0.146 e. The minimum Gasteiger partial charge on any atom is -0.306 e. The fourth-order valence-corrected chi connectivity index (χ4v) is 7.89. The molecule has 11 rings (SSSR count). The van der Waals surface area contributed by atoms with Gasteiger partial charge in [0.15, 0.2) is 0 Å². The number of imidazole rings is 1. The van der Waals surface area contributed by atoms with E-state index in [0.29, 0.717) is 0 Å². The molecule has 0 bridgehead atoms. The molecule has 5 aromatic heterocycles. The third-order valence-electron chi connectivity index (χ3n) is 10.6. The van der Waals surface area contributed by atoms with Gasteiger partial charge in [-0.25, -0.2) is 19.9 Å². The molecule has 0 radical (unpaired) electrons. The van der Waals surface area contributed by atoms with Gasteiger partial charge in [0.2, 0.25) is 0 Å². The summed E-state index contributed by atoms with van der Waals surface area (Å²) in [5.41, 5.74) is 13.7. The van der Waals surface area contributed by atoms with Crippen molar-refractivity contribution in [3.05, 3.63) is 188 Å². The maximum absolute atomic E-state index is 5.47. The number of rotatable bonds is 5. The zero-order valence-corrected chi connectivity index (χ0v) is 29.6. The van der Waals surface area contributed by atoms with Crippen LogP contribution in [-0.4, -0.2) is 24.3 Å². The molecule has 5 nitrogen and oxygen atoms in total. The van der Waals surface area contributed by atoms with Crippen LogP contribution in [0.4, 0.5) is 0 Å². The van der Waals surface area contributed by atoms with Gasteiger partial charge in [0.25, 0.3) is 0 Å². The number of nitrogens with zero attached hydrogens (tertiary/aromatic N) is 5. The second kappa shape index (κ2) is 12.6. The minimum atomic E-state index is 0.891. The third kappa shape index (κ3) is 5.24. The second-order valence-corrected chi connectivity index (χ2v) is 13.9. The molecular formula is C50H31N5. The number of pyridine rings is 4. The second-order valence-electron chi connectivity index (χ2n) is 13.9. The Kier molecular flexibility index (Phi) is 7.10. The van der Waals surface area contributed by atoms with E-state index >= 15 is 0 Å². The Balaban J connectivity index is 1.10. The lowest BCUT2D eigenvalue weighted by Crippen LogP contribution is -1.95. The van der Waals surface area contributed by atoms with Crippen molar-refractivity contribution < 1.29 is 0 Å². The number of aromatic nitrogens is 5. The summed E-state index contributed by atoms with van der Waals surface area (Å²) in [6.45, 7) is 0. The molecule has 0 aliphatic rings. The largest absolute Gasteiger partial charge is 0.306 e. The normalized spacial score (nSPS) is 11.6. The lowest BCUT2D eigenvalue weighted by atomic mass is 9.95. The summed E-state index contributed by atoms with van der Waals surface area (Å²) in [5.74, 6) is 0. The predicted octanol–water partition coefficient (Wildman–Crippen LogP) is 12.5. The Morgan fingerprint density at radius 2 is 0.927 bits per heavy atom. The van der Waals surface area contributed by atoms with Gasteiger partial charge >= 0.3 is 0 Å². The summed E-state index contributed by atoms with van der Waals surface area (Å²) in [6.07, 6.45) is 4.21. The van der Waals surface area contributed by atoms with Gasteiger partial charge in [-0.15, -0.1) is 0 Å². The summed E-state index contributed by atoms with van der Waals surface area (Å²) in [4.78, 5) is 21.1. The third-order valence-corrected chi connectivity index (χ3v) is 10.6. The van der Waals surface area contributed by atoms with Gasteiger partial charge in [0.05, 0.1) is 39.3 Å². The van der Waals surface area contributed by atoms with Gasteiger partial charge in [-0.3, -0.25) is 0 Å². The van der Waals surface area contributed by atoms with E-state index in [0.717, 1.165) is 105 Å². The quantitative estimate of drug-likeness (QED) is 0.168. The number of para-hydroxylation sites is 1. The lowest BCUT2D eigenvalue weighted by Gasteiger charge is -2.14. The first kappa shape index (κ1) is 31.1. The molecular weight excluding hydrogens is 671 g/mol. The van der Waals surface area contributed by atoms with Gasteiger partial charge in [0.1, 0.15) is 5.65 Å². The molecule has 5 heterocycles. The number of fused-ring (bicyclic) bond motifs is 8. The Morgan fingerprint density at radius 3 is 1.62 bits per heavy atom. The van der Waals surface area contributed by atoms with Gasteiger partial charge < -0.3 is 4.40 Å². The highest BCUT2D eigenvalue weighted by Crippen LogP contribution is 2.40. The maximum atomic E-state index is 5.47. The van der Waals surface area contributed by atoms with Gasteiger partial charge in [-0.2, -0.15) is 0 Å². The van der Waals surface area contributed by atoms with Crippen LogP contribution in [0.5, 0.6) is 0 Å². The van der Waals surface area contributed by atoms with E-state index in [2.05, 4.69) is 162 Å². The van der Waals surface area contributed by atoms with E-state index in [1.54, 1.807) is 0 Å². The van der Waals surface area contributed by atoms with Crippen molar-refractivity contribution in [1.82, 2.24) is 24.3 Å². The summed E-state index contributed by atoms with van der Waals surface area (Å²) in [7, 11) is 0. The Morgan fingerprint density at radius 1 is 0.364 bits per heavy atom. The molecule has 0 amide bonds. The van der Waals surface area contributed by atoms with E-state index < -0.39 is 0 Å². The minimum absolute atomic E-state index is 0.891. The van der Waals surface area contributed by atoms with Crippen LogP contribution in [0.25, 0.3) is 105 Å². The molecule has 0 N–H and O–H groups in total. The van der Waals surface area contributed by atoms with Crippen LogP contribution in [0.2, 0.25) is 0 Å². The summed E-state index contributed by atoms with van der Waals surface area (Å²) < 4.78 is 2.14. The first-order valence-electron chi connectivity index (χ1n) is 18.5. The van der Waals surface area contributed by atoms with Crippen LogP contribution in [-0.2, 0) is 0 Å². The zero-order valence-electron chi connectivity index (χ0n) is 29.6. The highest BCUT2D eigenvalue weighted by Gasteiger charge is 2.18. The van der Waals surface area contributed by atoms with E-state index in [1.807, 2.05) is 30.3 Å². The Labute approximate surface area is 316 Å². The van der Waals surface area contributed by atoms with Crippen molar-refractivity contribution in [2.75, 3.05) is 0 Å². The van der Waals surface area contributed by atoms with Crippen molar-refractivity contribution >= 4 is 49.1 Å². The first-order valence-corrected chi connectivity index (χ1v) is 18.5. The zero-order chi connectivity index (χ0) is 36.3. The van der Waals surface area contributed by atoms with Crippen LogP contribution in [0.1, 0.15) is 0 Å². The first-order chi connectivity index (χ1) is 27.2. The topological polar surface area (TPSA) is 56.0 Å². The predicted molar refractivity (Wildman–Crippen MR) is 226 cm³/mol. The fourth-order valence-electron chi connectivity index (χ4n) is 7.89. The van der Waals surface area contributed by atoms with E-state index in [4.69, 9.17) is 19.9 Å². The monoisotopic (exact) mass is 701 g/mol. The average molecular weight is 702 g/mol. The molecule has 0 fully saturated rings. The molecule has 0 atom stereocenters. The van der Waals surface area contributed by atoms with Gasteiger partial charge in [-0.05, 0) is 29.8 Å². The smallest absolute Gasteiger partial charge is 0.146 e. The molecule has 0 aliphatic heterocycles. The number of hydrogen-bond acceptors (Lipinski definition) is 4. The number of benzene rings is 6. The molecule has 256 valence electrons. The number of hydrogen-bond donors (Lipinski definition) is 0. The van der Waals surface area contributed by atoms with E-state index in [9.17, 15) is 0 Å². The molecule has 6 aromatic carbocycles. The van der Waals surface area contributed by atoms with Crippen LogP contribution < -0.4 is 0 Å². The Bertz CT molecular complexity index is 3250. The molecule has 0 unspecified atom stereocenters. The molecule has 5 heteroatoms. The summed E-state index contributed by atoms with van der Waals surface area (Å²) >= 11 is 0. The molecule has 0 spiro atoms. The average Bonchev–Trinajstić information content (AvgIpc) is 3.71. The highest BCUT2D eigenvalue weighted by molar-refractivity contribution is 6.19. The summed E-state index contributed by atoms with van der Waals surface area (Å²) in [6, 6.07) is 61.2. The van der Waals surface area contributed by atoms with Crippen LogP contribution in [0.3, 0.4) is 0 Å². The highest BCUT2D eigenvalue weighted by atomic mass is 15.0. The van der Waals surface area contributed by atoms with Crippen LogP contribution in [0.15, 0.2) is 188 Å². The standard InChI is InChI=1S/C50H31N5/c1-4-12-32(13-5-1)42-26-24-35-22-23-36-25-27-43(52-48(36)47(35)51-42)38-19-10-18-37(30-38)39-20-11-21-40-45-41(46(54-49(39)40)34-16-8-3-9-17-34)28-29-55-31-44(53-50(45)55)33-14-6-2-7-15-33/h1-31H. The van der Waals surface area contributed by atoms with Crippen LogP contribution >= 0.6 is 0 Å². The van der Waals surface area contributed by atoms with Crippen LogP contribution in [0, 0.1) is 0 Å². The van der Waals surface area contributed by atoms with Crippen molar-refractivity contribution in [3.63, 3.8) is 0 Å². The molecule has 11 aromatic rings. The van der Waals surface area contributed by atoms with Crippen molar-refractivity contribution in [1.29, 1.82) is 0 Å². The van der Waals surface area contributed by atoms with Gasteiger partial charge in [0, 0.05) is 67.1 Å². The molecule has 55 heavy (non-hydrogen) atoms. The van der Waals surface area contributed by atoms with Crippen molar-refractivity contribution in [3.8, 4) is 56.2 Å². The fraction of sp³-hybridized carbons (Fsp3) is 0. The Hall–Kier alpha value is -7.50. The van der Waals surface area contributed by atoms with E-state index in [1.165, 1.54) is 0 Å². The molecule has 0 saturated carbocycles. The summed E-state index contributed by atoms with van der Waals surface area (Å²) in [5, 5.41) is 5.33. The molecule has 0 saturated heterocycles. The lowest BCUT2D eigenvalue weighted by molar-refractivity contribution is 1.20. The van der Waals surface area contributed by atoms with Gasteiger partial charge in [-0.1, -0.05) is 152 Å². The van der Waals surface area contributed by atoms with Crippen molar-refractivity contribution in [2.24, 2.45) is 0 Å².